The summed E-state index contributed by atoms with van der Waals surface area (Å²) < 4.78 is 15.2. The van der Waals surface area contributed by atoms with E-state index in [0.717, 1.165) is 17.7 Å². The first kappa shape index (κ1) is 12.9. The van der Waals surface area contributed by atoms with Crippen molar-refractivity contribution in [3.63, 3.8) is 0 Å². The third-order valence-electron chi connectivity index (χ3n) is 3.12. The SMILES string of the molecule is CCOCOc1ccc(C2CC2C(=O)OC)cc1. The highest BCUT2D eigenvalue weighted by Crippen LogP contribution is 2.48. The smallest absolute Gasteiger partial charge is 0.309 e. The van der Waals surface area contributed by atoms with Gasteiger partial charge in [-0.05, 0) is 37.0 Å². The van der Waals surface area contributed by atoms with Crippen LogP contribution in [-0.2, 0) is 14.3 Å². The minimum Gasteiger partial charge on any atom is -0.469 e. The van der Waals surface area contributed by atoms with Gasteiger partial charge >= 0.3 is 5.97 Å². The highest BCUT2D eigenvalue weighted by atomic mass is 16.7. The number of methoxy groups -OCH3 is 1. The molecule has 0 amide bonds. The Morgan fingerprint density at radius 3 is 2.67 bits per heavy atom. The average Bonchev–Trinajstić information content (AvgIpc) is 3.19. The van der Waals surface area contributed by atoms with Crippen LogP contribution in [0.5, 0.6) is 5.75 Å². The van der Waals surface area contributed by atoms with E-state index in [1.165, 1.54) is 7.11 Å². The molecule has 4 nitrogen and oxygen atoms in total. The number of ether oxygens (including phenoxy) is 3. The normalized spacial score (nSPS) is 21.4. The lowest BCUT2D eigenvalue weighted by atomic mass is 10.1. The van der Waals surface area contributed by atoms with Gasteiger partial charge in [-0.25, -0.2) is 0 Å². The van der Waals surface area contributed by atoms with Crippen LogP contribution in [0.1, 0.15) is 24.8 Å². The van der Waals surface area contributed by atoms with E-state index in [0.29, 0.717) is 12.5 Å². The lowest BCUT2D eigenvalue weighted by molar-refractivity contribution is -0.142. The Morgan fingerprint density at radius 1 is 1.33 bits per heavy atom. The second kappa shape index (κ2) is 5.87. The molecule has 1 aromatic carbocycles. The molecule has 0 radical (unpaired) electrons. The fourth-order valence-electron chi connectivity index (χ4n) is 1.98. The number of benzene rings is 1. The molecule has 2 atom stereocenters. The van der Waals surface area contributed by atoms with Crippen molar-refractivity contribution in [2.45, 2.75) is 19.3 Å². The second-order valence-corrected chi connectivity index (χ2v) is 4.30. The predicted octanol–water partition coefficient (Wildman–Crippen LogP) is 2.34. The fourth-order valence-corrected chi connectivity index (χ4v) is 1.98. The molecule has 98 valence electrons. The molecule has 1 aliphatic carbocycles. The van der Waals surface area contributed by atoms with Gasteiger partial charge in [0.2, 0.25) is 0 Å². The number of hydrogen-bond donors (Lipinski definition) is 0. The number of esters is 1. The highest BCUT2D eigenvalue weighted by Gasteiger charge is 2.44. The predicted molar refractivity (Wildman–Crippen MR) is 66.4 cm³/mol. The van der Waals surface area contributed by atoms with Crippen LogP contribution in [-0.4, -0.2) is 26.5 Å². The van der Waals surface area contributed by atoms with E-state index >= 15 is 0 Å². The zero-order valence-corrected chi connectivity index (χ0v) is 10.7. The number of rotatable bonds is 6. The van der Waals surface area contributed by atoms with E-state index in [1.807, 2.05) is 31.2 Å². The third kappa shape index (κ3) is 3.01. The topological polar surface area (TPSA) is 44.8 Å². The second-order valence-electron chi connectivity index (χ2n) is 4.30. The molecule has 1 saturated carbocycles. The summed E-state index contributed by atoms with van der Waals surface area (Å²) in [7, 11) is 1.43. The number of hydrogen-bond acceptors (Lipinski definition) is 4. The molecule has 2 rings (SSSR count). The van der Waals surface area contributed by atoms with Gasteiger partial charge in [0.25, 0.3) is 0 Å². The molecular formula is C14H18O4. The summed E-state index contributed by atoms with van der Waals surface area (Å²) in [6.45, 7) is 2.83. The summed E-state index contributed by atoms with van der Waals surface area (Å²) in [5.41, 5.74) is 1.16. The Morgan fingerprint density at radius 2 is 2.06 bits per heavy atom. The minimum absolute atomic E-state index is 0.0326. The standard InChI is InChI=1S/C14H18O4/c1-3-17-9-18-11-6-4-10(5-7-11)12-8-13(12)14(15)16-2/h4-7,12-13H,3,8-9H2,1-2H3. The minimum atomic E-state index is -0.114. The summed E-state index contributed by atoms with van der Waals surface area (Å²) in [6.07, 6.45) is 0.881. The van der Waals surface area contributed by atoms with Crippen molar-refractivity contribution in [2.24, 2.45) is 5.92 Å². The molecule has 0 heterocycles. The van der Waals surface area contributed by atoms with E-state index in [1.54, 1.807) is 0 Å². The third-order valence-corrected chi connectivity index (χ3v) is 3.12. The van der Waals surface area contributed by atoms with Gasteiger partial charge in [0.15, 0.2) is 6.79 Å². The molecule has 0 spiro atoms. The van der Waals surface area contributed by atoms with E-state index in [9.17, 15) is 4.79 Å². The van der Waals surface area contributed by atoms with Crippen LogP contribution in [0.2, 0.25) is 0 Å². The van der Waals surface area contributed by atoms with Crippen molar-refractivity contribution in [2.75, 3.05) is 20.5 Å². The van der Waals surface area contributed by atoms with Crippen LogP contribution in [0, 0.1) is 5.92 Å². The monoisotopic (exact) mass is 250 g/mol. The lowest BCUT2D eigenvalue weighted by Gasteiger charge is -2.06. The fraction of sp³-hybridized carbons (Fsp3) is 0.500. The molecule has 0 bridgehead atoms. The van der Waals surface area contributed by atoms with Gasteiger partial charge in [-0.3, -0.25) is 4.79 Å². The first-order valence-corrected chi connectivity index (χ1v) is 6.14. The Labute approximate surface area is 107 Å². The van der Waals surface area contributed by atoms with Gasteiger partial charge in [-0.1, -0.05) is 12.1 Å². The summed E-state index contributed by atoms with van der Waals surface area (Å²) in [5, 5.41) is 0. The average molecular weight is 250 g/mol. The quantitative estimate of drug-likeness (QED) is 0.441. The molecule has 0 aliphatic heterocycles. The maximum Gasteiger partial charge on any atom is 0.309 e. The van der Waals surface area contributed by atoms with Gasteiger partial charge in [0, 0.05) is 6.61 Å². The summed E-state index contributed by atoms with van der Waals surface area (Å²) in [4.78, 5) is 11.3. The van der Waals surface area contributed by atoms with Crippen LogP contribution in [0.15, 0.2) is 24.3 Å². The van der Waals surface area contributed by atoms with Gasteiger partial charge in [0.05, 0.1) is 13.0 Å². The molecule has 1 aliphatic rings. The summed E-state index contributed by atoms with van der Waals surface area (Å²) in [5.74, 6) is 1.00. The molecule has 18 heavy (non-hydrogen) atoms. The molecule has 1 aromatic rings. The Kier molecular flexibility index (Phi) is 4.20. The van der Waals surface area contributed by atoms with Crippen LogP contribution < -0.4 is 4.74 Å². The first-order chi connectivity index (χ1) is 8.76. The van der Waals surface area contributed by atoms with Crippen LogP contribution in [0.4, 0.5) is 0 Å². The van der Waals surface area contributed by atoms with E-state index in [-0.39, 0.29) is 18.7 Å². The van der Waals surface area contributed by atoms with Crippen molar-refractivity contribution in [1.29, 1.82) is 0 Å². The van der Waals surface area contributed by atoms with Gasteiger partial charge in [-0.15, -0.1) is 0 Å². The summed E-state index contributed by atoms with van der Waals surface area (Å²) >= 11 is 0. The number of carbonyl (C=O) groups is 1. The molecule has 0 saturated heterocycles. The van der Waals surface area contributed by atoms with Gasteiger partial charge < -0.3 is 14.2 Å². The van der Waals surface area contributed by atoms with Crippen molar-refractivity contribution in [3.05, 3.63) is 29.8 Å². The van der Waals surface area contributed by atoms with Crippen LogP contribution in [0.3, 0.4) is 0 Å². The van der Waals surface area contributed by atoms with Crippen molar-refractivity contribution in [1.82, 2.24) is 0 Å². The zero-order chi connectivity index (χ0) is 13.0. The van der Waals surface area contributed by atoms with E-state index < -0.39 is 0 Å². The lowest BCUT2D eigenvalue weighted by Crippen LogP contribution is -2.04. The van der Waals surface area contributed by atoms with Crippen molar-refractivity contribution >= 4 is 5.97 Å². The van der Waals surface area contributed by atoms with Gasteiger partial charge in [-0.2, -0.15) is 0 Å². The Hall–Kier alpha value is -1.55. The highest BCUT2D eigenvalue weighted by molar-refractivity contribution is 5.77. The van der Waals surface area contributed by atoms with Crippen molar-refractivity contribution < 1.29 is 19.0 Å². The van der Waals surface area contributed by atoms with Crippen LogP contribution in [0.25, 0.3) is 0 Å². The molecule has 0 aromatic heterocycles. The summed E-state index contributed by atoms with van der Waals surface area (Å²) in [6, 6.07) is 7.80. The maximum atomic E-state index is 11.3. The van der Waals surface area contributed by atoms with E-state index in [4.69, 9.17) is 14.2 Å². The molecule has 2 unspecified atom stereocenters. The Bertz CT molecular complexity index is 399. The molecular weight excluding hydrogens is 232 g/mol. The van der Waals surface area contributed by atoms with E-state index in [2.05, 4.69) is 0 Å². The molecule has 4 heteroatoms. The van der Waals surface area contributed by atoms with Crippen LogP contribution >= 0.6 is 0 Å². The largest absolute Gasteiger partial charge is 0.469 e. The van der Waals surface area contributed by atoms with Crippen molar-refractivity contribution in [3.8, 4) is 5.75 Å². The Balaban J connectivity index is 1.87. The van der Waals surface area contributed by atoms with Gasteiger partial charge in [0.1, 0.15) is 5.75 Å². The zero-order valence-electron chi connectivity index (χ0n) is 10.7. The number of carbonyl (C=O) groups excluding carboxylic acids is 1. The maximum absolute atomic E-state index is 11.3. The first-order valence-electron chi connectivity index (χ1n) is 6.14. The molecule has 0 N–H and O–H groups in total. The molecule has 1 fully saturated rings.